The molecule has 2 unspecified atom stereocenters. The summed E-state index contributed by atoms with van der Waals surface area (Å²) in [7, 11) is 0. The van der Waals surface area contributed by atoms with E-state index >= 15 is 0 Å². The van der Waals surface area contributed by atoms with E-state index in [0.29, 0.717) is 25.0 Å². The van der Waals surface area contributed by atoms with Crippen LogP contribution in [0.25, 0.3) is 0 Å². The highest BCUT2D eigenvalue weighted by molar-refractivity contribution is 5.32. The molecule has 3 aromatic carbocycles. The van der Waals surface area contributed by atoms with Gasteiger partial charge in [0.2, 0.25) is 0 Å². The molecular weight excluding hydrogens is 492 g/mol. The van der Waals surface area contributed by atoms with E-state index in [4.69, 9.17) is 29.0 Å². The number of para-hydroxylation sites is 2. The Morgan fingerprint density at radius 3 is 1.36 bits per heavy atom. The highest BCUT2D eigenvalue weighted by Gasteiger charge is 2.24. The summed E-state index contributed by atoms with van der Waals surface area (Å²) in [5.74, 6) is 2.82. The molecule has 2 atom stereocenters. The van der Waals surface area contributed by atoms with E-state index in [1.54, 1.807) is 0 Å². The highest BCUT2D eigenvalue weighted by atomic mass is 17.2. The number of aryl methyl sites for hydroxylation is 2. The minimum atomic E-state index is 0. The third-order valence-electron chi connectivity index (χ3n) is 6.04. The summed E-state index contributed by atoms with van der Waals surface area (Å²) in [4.78, 5) is 20.2. The van der Waals surface area contributed by atoms with E-state index in [2.05, 4.69) is 52.0 Å². The normalized spacial score (nSPS) is 16.7. The molecule has 39 heavy (non-hydrogen) atoms. The Kier molecular flexibility index (Phi) is 14.0. The lowest BCUT2D eigenvalue weighted by Crippen LogP contribution is -2.05. The molecule has 0 radical (unpaired) electrons. The van der Waals surface area contributed by atoms with Crippen LogP contribution < -0.4 is 9.78 Å². The van der Waals surface area contributed by atoms with Crippen molar-refractivity contribution in [1.82, 2.24) is 0 Å². The number of hydrogen-bond acceptors (Lipinski definition) is 6. The van der Waals surface area contributed by atoms with Crippen molar-refractivity contribution in [2.45, 2.75) is 73.0 Å². The Morgan fingerprint density at radius 2 is 1.03 bits per heavy atom. The zero-order chi connectivity index (χ0) is 27.3. The van der Waals surface area contributed by atoms with Gasteiger partial charge in [-0.05, 0) is 60.1 Å². The Hall–Kier alpha value is -2.90. The lowest BCUT2D eigenvalue weighted by molar-refractivity contribution is -0.209. The van der Waals surface area contributed by atoms with Gasteiger partial charge in [-0.25, -0.2) is 0 Å². The lowest BCUT2D eigenvalue weighted by Gasteiger charge is -2.09. The molecular formula is C33H46O6. The first-order chi connectivity index (χ1) is 18.3. The van der Waals surface area contributed by atoms with Crippen LogP contribution in [0.2, 0.25) is 0 Å². The molecule has 6 heteroatoms. The Bertz CT molecular complexity index is 1010. The van der Waals surface area contributed by atoms with Crippen molar-refractivity contribution in [2.24, 2.45) is 0 Å². The van der Waals surface area contributed by atoms with E-state index < -0.39 is 0 Å². The smallest absolute Gasteiger partial charge is 0.168 e. The molecule has 2 aliphatic heterocycles. The molecule has 2 heterocycles. The molecule has 0 spiro atoms. The molecule has 6 nitrogen and oxygen atoms in total. The summed E-state index contributed by atoms with van der Waals surface area (Å²) in [5, 5.41) is 0. The molecule has 2 saturated heterocycles. The van der Waals surface area contributed by atoms with E-state index in [1.807, 2.05) is 62.4 Å². The van der Waals surface area contributed by atoms with Crippen LogP contribution in [0.5, 0.6) is 11.5 Å². The molecule has 0 bridgehead atoms. The van der Waals surface area contributed by atoms with Crippen molar-refractivity contribution < 1.29 is 29.0 Å². The second kappa shape index (κ2) is 16.9. The Morgan fingerprint density at radius 1 is 0.641 bits per heavy atom. The SMILES string of the molecule is C.CC(C)c1cccc(C(C)C)c1.Cc1ccccc1OOCC1CO1.Cc1ccccc1OOCC1CO1. The number of rotatable bonds is 10. The molecule has 0 amide bonds. The van der Waals surface area contributed by atoms with Gasteiger partial charge in [0.1, 0.15) is 25.4 Å². The van der Waals surface area contributed by atoms with Crippen molar-refractivity contribution in [3.63, 3.8) is 0 Å². The van der Waals surface area contributed by atoms with Crippen molar-refractivity contribution in [3.05, 3.63) is 95.1 Å². The van der Waals surface area contributed by atoms with Gasteiger partial charge in [-0.1, -0.05) is 95.8 Å². The molecule has 0 saturated carbocycles. The molecule has 2 fully saturated rings. The predicted octanol–water partition coefficient (Wildman–Crippen LogP) is 7.98. The quantitative estimate of drug-likeness (QED) is 0.148. The fourth-order valence-corrected chi connectivity index (χ4v) is 3.25. The first kappa shape index (κ1) is 32.3. The summed E-state index contributed by atoms with van der Waals surface area (Å²) < 4.78 is 9.94. The Balaban J connectivity index is 0.000000203. The minimum absolute atomic E-state index is 0. The summed E-state index contributed by atoms with van der Waals surface area (Å²) in [6.07, 6.45) is 0.480. The first-order valence-electron chi connectivity index (χ1n) is 13.4. The maximum Gasteiger partial charge on any atom is 0.168 e. The summed E-state index contributed by atoms with van der Waals surface area (Å²) in [6, 6.07) is 24.4. The standard InChI is InChI=1S/C12H18.2C10H12O3.CH4/c1-9(2)11-6-5-7-12(8-11)10(3)4;2*1-8-4-2-3-5-10(8)13-12-7-9-6-11-9;/h5-10H,1-4H3;2*2-5,9H,6-7H2,1H3;1H4. The van der Waals surface area contributed by atoms with Crippen LogP contribution in [0.3, 0.4) is 0 Å². The first-order valence-corrected chi connectivity index (χ1v) is 13.4. The summed E-state index contributed by atoms with van der Waals surface area (Å²) >= 11 is 0. The van der Waals surface area contributed by atoms with Gasteiger partial charge in [0.25, 0.3) is 0 Å². The highest BCUT2D eigenvalue weighted by Crippen LogP contribution is 2.21. The van der Waals surface area contributed by atoms with Gasteiger partial charge in [0.05, 0.1) is 13.2 Å². The Labute approximate surface area is 235 Å². The average molecular weight is 539 g/mol. The summed E-state index contributed by atoms with van der Waals surface area (Å²) in [6.45, 7) is 15.5. The van der Waals surface area contributed by atoms with Gasteiger partial charge in [0, 0.05) is 0 Å². The predicted molar refractivity (Wildman–Crippen MR) is 156 cm³/mol. The average Bonchev–Trinajstić information content (AvgIpc) is 3.84. The summed E-state index contributed by atoms with van der Waals surface area (Å²) in [5.41, 5.74) is 5.03. The lowest BCUT2D eigenvalue weighted by atomic mass is 9.96. The number of epoxide rings is 2. The molecule has 5 rings (SSSR count). The fraction of sp³-hybridized carbons (Fsp3) is 0.455. The third-order valence-corrected chi connectivity index (χ3v) is 6.04. The van der Waals surface area contributed by atoms with Gasteiger partial charge in [-0.3, -0.25) is 0 Å². The van der Waals surface area contributed by atoms with Crippen LogP contribution in [0.15, 0.2) is 72.8 Å². The number of ether oxygens (including phenoxy) is 2. The maximum absolute atomic E-state index is 5.11. The van der Waals surface area contributed by atoms with E-state index in [-0.39, 0.29) is 19.6 Å². The van der Waals surface area contributed by atoms with Gasteiger partial charge in [-0.15, -0.1) is 0 Å². The van der Waals surface area contributed by atoms with Gasteiger partial charge in [-0.2, -0.15) is 9.78 Å². The molecule has 0 aromatic heterocycles. The van der Waals surface area contributed by atoms with Crippen molar-refractivity contribution >= 4 is 0 Å². The zero-order valence-electron chi connectivity index (χ0n) is 23.5. The molecule has 0 aliphatic carbocycles. The largest absolute Gasteiger partial charge is 0.370 e. The van der Waals surface area contributed by atoms with Crippen LogP contribution in [0.1, 0.15) is 69.2 Å². The van der Waals surface area contributed by atoms with Gasteiger partial charge in [0.15, 0.2) is 11.5 Å². The van der Waals surface area contributed by atoms with Crippen molar-refractivity contribution in [2.75, 3.05) is 26.4 Å². The topological polar surface area (TPSA) is 62.0 Å². The third kappa shape index (κ3) is 12.7. The molecule has 2 aliphatic rings. The van der Waals surface area contributed by atoms with E-state index in [1.165, 1.54) is 11.1 Å². The van der Waals surface area contributed by atoms with Crippen LogP contribution >= 0.6 is 0 Å². The van der Waals surface area contributed by atoms with Gasteiger partial charge >= 0.3 is 0 Å². The van der Waals surface area contributed by atoms with Crippen molar-refractivity contribution in [3.8, 4) is 11.5 Å². The minimum Gasteiger partial charge on any atom is -0.370 e. The molecule has 0 N–H and O–H groups in total. The maximum atomic E-state index is 5.11. The van der Waals surface area contributed by atoms with E-state index in [0.717, 1.165) is 35.8 Å². The van der Waals surface area contributed by atoms with Crippen LogP contribution in [0.4, 0.5) is 0 Å². The monoisotopic (exact) mass is 538 g/mol. The zero-order valence-corrected chi connectivity index (χ0v) is 23.5. The van der Waals surface area contributed by atoms with Crippen LogP contribution in [0, 0.1) is 13.8 Å². The molecule has 3 aromatic rings. The second-order valence-corrected chi connectivity index (χ2v) is 10.2. The molecule has 214 valence electrons. The van der Waals surface area contributed by atoms with Crippen LogP contribution in [-0.2, 0) is 19.2 Å². The van der Waals surface area contributed by atoms with Crippen LogP contribution in [-0.4, -0.2) is 38.6 Å². The van der Waals surface area contributed by atoms with E-state index in [9.17, 15) is 0 Å². The fourth-order valence-electron chi connectivity index (χ4n) is 3.25. The van der Waals surface area contributed by atoms with Crippen molar-refractivity contribution in [1.29, 1.82) is 0 Å². The number of benzene rings is 3. The van der Waals surface area contributed by atoms with Gasteiger partial charge < -0.3 is 19.2 Å². The number of hydrogen-bond donors (Lipinski definition) is 0. The second-order valence-electron chi connectivity index (χ2n) is 10.2.